The molecule has 0 fully saturated rings. The lowest BCUT2D eigenvalue weighted by Gasteiger charge is -2.26. The van der Waals surface area contributed by atoms with E-state index in [1.807, 2.05) is 24.9 Å². The van der Waals surface area contributed by atoms with Crippen molar-refractivity contribution in [2.24, 2.45) is 5.92 Å². The number of aryl methyl sites for hydroxylation is 1. The molecule has 0 spiro atoms. The van der Waals surface area contributed by atoms with Crippen molar-refractivity contribution >= 4 is 11.7 Å². The Kier molecular flexibility index (Phi) is 4.55. The van der Waals surface area contributed by atoms with Gasteiger partial charge in [-0.15, -0.1) is 0 Å². The Bertz CT molecular complexity index is 401. The molecule has 0 heterocycles. The van der Waals surface area contributed by atoms with Gasteiger partial charge < -0.3 is 10.0 Å². The van der Waals surface area contributed by atoms with Crippen LogP contribution in [0, 0.1) is 12.8 Å². The Labute approximate surface area is 103 Å². The predicted octanol–water partition coefficient (Wildman–Crippen LogP) is 3.18. The molecule has 1 atom stereocenters. The normalized spacial score (nSPS) is 12.2. The maximum atomic E-state index is 11.2. The van der Waals surface area contributed by atoms with Crippen LogP contribution >= 0.6 is 0 Å². The summed E-state index contributed by atoms with van der Waals surface area (Å²) in [4.78, 5) is 13.3. The fourth-order valence-corrected chi connectivity index (χ4v) is 2.03. The summed E-state index contributed by atoms with van der Waals surface area (Å²) in [6.07, 6.45) is 1.10. The first kappa shape index (κ1) is 13.6. The third kappa shape index (κ3) is 3.22. The summed E-state index contributed by atoms with van der Waals surface area (Å²) in [5, 5.41) is 9.20. The van der Waals surface area contributed by atoms with E-state index in [2.05, 4.69) is 13.8 Å². The summed E-state index contributed by atoms with van der Waals surface area (Å²) >= 11 is 0. The maximum absolute atomic E-state index is 11.2. The number of benzene rings is 1. The van der Waals surface area contributed by atoms with E-state index < -0.39 is 5.97 Å². The van der Waals surface area contributed by atoms with Crippen molar-refractivity contribution < 1.29 is 9.90 Å². The number of nitrogens with zero attached hydrogens (tertiary/aromatic N) is 1. The number of hydrogen-bond donors (Lipinski definition) is 1. The van der Waals surface area contributed by atoms with E-state index in [-0.39, 0.29) is 0 Å². The monoisotopic (exact) mass is 235 g/mol. The largest absolute Gasteiger partial charge is 0.478 e. The average molecular weight is 235 g/mol. The summed E-state index contributed by atoms with van der Waals surface area (Å²) in [6, 6.07) is 5.41. The van der Waals surface area contributed by atoms with E-state index in [0.29, 0.717) is 11.5 Å². The topological polar surface area (TPSA) is 40.5 Å². The quantitative estimate of drug-likeness (QED) is 0.852. The predicted molar refractivity (Wildman–Crippen MR) is 70.9 cm³/mol. The number of carboxylic acid groups (broad SMARTS) is 1. The molecular weight excluding hydrogens is 214 g/mol. The molecule has 94 valence electrons. The van der Waals surface area contributed by atoms with Gasteiger partial charge in [0.1, 0.15) is 0 Å². The van der Waals surface area contributed by atoms with Gasteiger partial charge in [-0.05, 0) is 24.5 Å². The standard InChI is InChI=1S/C14H21NO2/c1-5-10(2)9-15(4)13-11(3)7-6-8-12(13)14(16)17/h6-8,10H,5,9H2,1-4H3,(H,16,17). The molecule has 0 saturated heterocycles. The first-order chi connectivity index (χ1) is 7.97. The van der Waals surface area contributed by atoms with Crippen LogP contribution in [0.25, 0.3) is 0 Å². The lowest BCUT2D eigenvalue weighted by molar-refractivity contribution is 0.0697. The molecule has 0 aliphatic heterocycles. The highest BCUT2D eigenvalue weighted by atomic mass is 16.4. The molecule has 0 aromatic heterocycles. The Morgan fingerprint density at radius 3 is 2.65 bits per heavy atom. The summed E-state index contributed by atoms with van der Waals surface area (Å²) in [5.41, 5.74) is 2.23. The van der Waals surface area contributed by atoms with Gasteiger partial charge >= 0.3 is 5.97 Å². The van der Waals surface area contributed by atoms with E-state index in [1.165, 1.54) is 0 Å². The fourth-order valence-electron chi connectivity index (χ4n) is 2.03. The van der Waals surface area contributed by atoms with Crippen LogP contribution in [0.3, 0.4) is 0 Å². The smallest absolute Gasteiger partial charge is 0.337 e. The number of carbonyl (C=O) groups is 1. The summed E-state index contributed by atoms with van der Waals surface area (Å²) in [6.45, 7) is 7.15. The molecule has 3 nitrogen and oxygen atoms in total. The van der Waals surface area contributed by atoms with Crippen LogP contribution in [0.5, 0.6) is 0 Å². The van der Waals surface area contributed by atoms with Gasteiger partial charge in [0.15, 0.2) is 0 Å². The zero-order valence-electron chi connectivity index (χ0n) is 11.0. The molecule has 3 heteroatoms. The molecule has 0 aliphatic rings. The van der Waals surface area contributed by atoms with Crippen molar-refractivity contribution in [3.63, 3.8) is 0 Å². The second kappa shape index (κ2) is 5.71. The van der Waals surface area contributed by atoms with E-state index in [4.69, 9.17) is 0 Å². The zero-order chi connectivity index (χ0) is 13.0. The summed E-state index contributed by atoms with van der Waals surface area (Å²) in [5.74, 6) is -0.305. The van der Waals surface area contributed by atoms with E-state index >= 15 is 0 Å². The van der Waals surface area contributed by atoms with Crippen molar-refractivity contribution in [1.82, 2.24) is 0 Å². The first-order valence-electron chi connectivity index (χ1n) is 6.01. The number of para-hydroxylation sites is 1. The Balaban J connectivity index is 3.06. The van der Waals surface area contributed by atoms with Gasteiger partial charge in [0.05, 0.1) is 11.3 Å². The molecular formula is C14H21NO2. The van der Waals surface area contributed by atoms with Crippen LogP contribution in [-0.4, -0.2) is 24.7 Å². The van der Waals surface area contributed by atoms with Crippen molar-refractivity contribution in [3.8, 4) is 0 Å². The molecule has 1 rings (SSSR count). The van der Waals surface area contributed by atoms with Gasteiger partial charge in [-0.2, -0.15) is 0 Å². The number of anilines is 1. The van der Waals surface area contributed by atoms with Crippen LogP contribution in [0.2, 0.25) is 0 Å². The highest BCUT2D eigenvalue weighted by molar-refractivity contribution is 5.95. The fraction of sp³-hybridized carbons (Fsp3) is 0.500. The van der Waals surface area contributed by atoms with Gasteiger partial charge in [-0.25, -0.2) is 4.79 Å². The molecule has 1 aromatic rings. The molecule has 1 unspecified atom stereocenters. The van der Waals surface area contributed by atoms with E-state index in [9.17, 15) is 9.90 Å². The number of hydrogen-bond acceptors (Lipinski definition) is 2. The second-order valence-corrected chi connectivity index (χ2v) is 4.67. The Hall–Kier alpha value is -1.51. The number of rotatable bonds is 5. The highest BCUT2D eigenvalue weighted by Gasteiger charge is 2.16. The summed E-state index contributed by atoms with van der Waals surface area (Å²) in [7, 11) is 1.96. The van der Waals surface area contributed by atoms with E-state index in [0.717, 1.165) is 24.2 Å². The van der Waals surface area contributed by atoms with Crippen LogP contribution < -0.4 is 4.90 Å². The third-order valence-electron chi connectivity index (χ3n) is 3.13. The molecule has 0 bridgehead atoms. The third-order valence-corrected chi connectivity index (χ3v) is 3.13. The number of aromatic carboxylic acids is 1. The molecule has 0 aliphatic carbocycles. The van der Waals surface area contributed by atoms with Crippen LogP contribution in [0.1, 0.15) is 36.2 Å². The molecule has 1 aromatic carbocycles. The average Bonchev–Trinajstić information content (AvgIpc) is 2.28. The lowest BCUT2D eigenvalue weighted by atomic mass is 10.0. The molecule has 0 radical (unpaired) electrons. The minimum atomic E-state index is -0.861. The van der Waals surface area contributed by atoms with E-state index in [1.54, 1.807) is 12.1 Å². The van der Waals surface area contributed by atoms with Crippen molar-refractivity contribution in [2.45, 2.75) is 27.2 Å². The van der Waals surface area contributed by atoms with Crippen molar-refractivity contribution in [1.29, 1.82) is 0 Å². The van der Waals surface area contributed by atoms with Gasteiger partial charge in [-0.1, -0.05) is 32.4 Å². The maximum Gasteiger partial charge on any atom is 0.337 e. The van der Waals surface area contributed by atoms with Gasteiger partial charge in [-0.3, -0.25) is 0 Å². The van der Waals surface area contributed by atoms with Gasteiger partial charge in [0.2, 0.25) is 0 Å². The Morgan fingerprint density at radius 2 is 2.12 bits per heavy atom. The first-order valence-corrected chi connectivity index (χ1v) is 6.01. The summed E-state index contributed by atoms with van der Waals surface area (Å²) < 4.78 is 0. The van der Waals surface area contributed by atoms with Crippen LogP contribution in [0.15, 0.2) is 18.2 Å². The molecule has 1 N–H and O–H groups in total. The minimum absolute atomic E-state index is 0.385. The van der Waals surface area contributed by atoms with Crippen LogP contribution in [-0.2, 0) is 0 Å². The van der Waals surface area contributed by atoms with Gasteiger partial charge in [0.25, 0.3) is 0 Å². The second-order valence-electron chi connectivity index (χ2n) is 4.67. The van der Waals surface area contributed by atoms with Crippen LogP contribution in [0.4, 0.5) is 5.69 Å². The molecule has 0 amide bonds. The lowest BCUT2D eigenvalue weighted by Crippen LogP contribution is -2.26. The minimum Gasteiger partial charge on any atom is -0.478 e. The zero-order valence-corrected chi connectivity index (χ0v) is 11.0. The molecule has 17 heavy (non-hydrogen) atoms. The Morgan fingerprint density at radius 1 is 1.47 bits per heavy atom. The SMILES string of the molecule is CCC(C)CN(C)c1c(C)cccc1C(=O)O. The molecule has 0 saturated carbocycles. The highest BCUT2D eigenvalue weighted by Crippen LogP contribution is 2.25. The number of carboxylic acids is 1. The van der Waals surface area contributed by atoms with Gasteiger partial charge in [0, 0.05) is 13.6 Å². The van der Waals surface area contributed by atoms with Crippen molar-refractivity contribution in [2.75, 3.05) is 18.5 Å². The van der Waals surface area contributed by atoms with Crippen molar-refractivity contribution in [3.05, 3.63) is 29.3 Å².